The zero-order valence-corrected chi connectivity index (χ0v) is 15.0. The van der Waals surface area contributed by atoms with Crippen molar-refractivity contribution in [1.29, 1.82) is 0 Å². The highest BCUT2D eigenvalue weighted by Gasteiger charge is 2.21. The number of piperidine rings is 1. The maximum atomic E-state index is 4.66. The van der Waals surface area contributed by atoms with E-state index in [1.165, 1.54) is 24.0 Å². The lowest BCUT2D eigenvalue weighted by Gasteiger charge is -2.30. The van der Waals surface area contributed by atoms with Crippen LogP contribution >= 0.6 is 11.3 Å². The second kappa shape index (κ2) is 6.49. The van der Waals surface area contributed by atoms with Crippen molar-refractivity contribution in [2.75, 3.05) is 20.1 Å². The number of hydrogen-bond donors (Lipinski definition) is 0. The fraction of sp³-hybridized carbons (Fsp3) is 0.368. The summed E-state index contributed by atoms with van der Waals surface area (Å²) in [6, 6.07) is 8.96. The van der Waals surface area contributed by atoms with E-state index in [9.17, 15) is 0 Å². The number of benzene rings is 1. The first kappa shape index (κ1) is 15.5. The number of rotatable bonds is 3. The lowest BCUT2D eigenvalue weighted by atomic mass is 10.1. The minimum absolute atomic E-state index is 0.544. The van der Waals surface area contributed by atoms with Crippen LogP contribution in [0.25, 0.3) is 21.3 Å². The van der Waals surface area contributed by atoms with E-state index in [0.29, 0.717) is 6.04 Å². The number of hydrogen-bond acceptors (Lipinski definition) is 4. The molecule has 1 fully saturated rings. The Morgan fingerprint density at radius 3 is 2.71 bits per heavy atom. The van der Waals surface area contributed by atoms with Crippen LogP contribution in [0.3, 0.4) is 0 Å². The number of aryl methyl sites for hydroxylation is 1. The molecule has 0 amide bonds. The van der Waals surface area contributed by atoms with E-state index in [1.807, 2.05) is 12.4 Å². The topological polar surface area (TPSA) is 34.0 Å². The van der Waals surface area contributed by atoms with Crippen molar-refractivity contribution in [3.05, 3.63) is 48.4 Å². The maximum absolute atomic E-state index is 4.66. The summed E-state index contributed by atoms with van der Waals surface area (Å²) in [7, 11) is 2.20. The van der Waals surface area contributed by atoms with Crippen molar-refractivity contribution in [3.8, 4) is 21.3 Å². The fourth-order valence-corrected chi connectivity index (χ4v) is 4.39. The second-order valence-electron chi connectivity index (χ2n) is 6.54. The van der Waals surface area contributed by atoms with Gasteiger partial charge in [-0.3, -0.25) is 0 Å². The Hall–Kier alpha value is -1.98. The monoisotopic (exact) mass is 338 g/mol. The molecule has 4 nitrogen and oxygen atoms in total. The molecule has 2 aromatic heterocycles. The summed E-state index contributed by atoms with van der Waals surface area (Å²) >= 11 is 1.73. The zero-order valence-electron chi connectivity index (χ0n) is 14.1. The van der Waals surface area contributed by atoms with Crippen molar-refractivity contribution in [3.63, 3.8) is 0 Å². The van der Waals surface area contributed by atoms with Gasteiger partial charge in [0.25, 0.3) is 0 Å². The number of aromatic nitrogens is 3. The third kappa shape index (κ3) is 2.89. The van der Waals surface area contributed by atoms with Crippen LogP contribution in [0.5, 0.6) is 0 Å². The molecule has 0 bridgehead atoms. The Morgan fingerprint density at radius 1 is 1.12 bits per heavy atom. The SMILES string of the molecule is Cc1ccccc1-c1ncc(-c2nccn2C2CCN(C)CC2)s1. The van der Waals surface area contributed by atoms with Crippen molar-refractivity contribution in [1.82, 2.24) is 19.4 Å². The zero-order chi connectivity index (χ0) is 16.5. The molecule has 0 atom stereocenters. The quantitative estimate of drug-likeness (QED) is 0.716. The van der Waals surface area contributed by atoms with Crippen LogP contribution in [-0.2, 0) is 0 Å². The van der Waals surface area contributed by atoms with Gasteiger partial charge < -0.3 is 9.47 Å². The second-order valence-corrected chi connectivity index (χ2v) is 7.57. The van der Waals surface area contributed by atoms with Gasteiger partial charge in [0.1, 0.15) is 5.01 Å². The summed E-state index contributed by atoms with van der Waals surface area (Å²) in [6.45, 7) is 4.44. The molecule has 124 valence electrons. The molecule has 1 aliphatic heterocycles. The summed E-state index contributed by atoms with van der Waals surface area (Å²) in [5.41, 5.74) is 2.48. The van der Waals surface area contributed by atoms with E-state index >= 15 is 0 Å². The standard InChI is InChI=1S/C19H22N4S/c1-14-5-3-4-6-16(14)19-21-13-17(24-19)18-20-9-12-23(18)15-7-10-22(2)11-8-15/h3-6,9,12-13,15H,7-8,10-11H2,1-2H3. The van der Waals surface area contributed by atoms with E-state index in [2.05, 4.69) is 63.9 Å². The molecule has 0 unspecified atom stereocenters. The normalized spacial score (nSPS) is 16.6. The summed E-state index contributed by atoms with van der Waals surface area (Å²) in [5.74, 6) is 1.06. The first-order valence-electron chi connectivity index (χ1n) is 8.46. The van der Waals surface area contributed by atoms with Crippen LogP contribution in [0.15, 0.2) is 42.9 Å². The van der Waals surface area contributed by atoms with E-state index < -0.39 is 0 Å². The van der Waals surface area contributed by atoms with Crippen LogP contribution < -0.4 is 0 Å². The van der Waals surface area contributed by atoms with Gasteiger partial charge in [-0.1, -0.05) is 24.3 Å². The van der Waals surface area contributed by atoms with Crippen LogP contribution in [-0.4, -0.2) is 39.6 Å². The highest BCUT2D eigenvalue weighted by molar-refractivity contribution is 7.18. The molecular weight excluding hydrogens is 316 g/mol. The van der Waals surface area contributed by atoms with E-state index in [1.54, 1.807) is 11.3 Å². The van der Waals surface area contributed by atoms with Crippen molar-refractivity contribution >= 4 is 11.3 Å². The van der Waals surface area contributed by atoms with Crippen LogP contribution in [0.2, 0.25) is 0 Å². The van der Waals surface area contributed by atoms with Crippen molar-refractivity contribution < 1.29 is 0 Å². The lowest BCUT2D eigenvalue weighted by Crippen LogP contribution is -2.31. The molecule has 0 spiro atoms. The molecule has 1 aromatic carbocycles. The average molecular weight is 338 g/mol. The van der Waals surface area contributed by atoms with Gasteiger partial charge in [-0.2, -0.15) is 0 Å². The Balaban J connectivity index is 1.64. The first-order valence-corrected chi connectivity index (χ1v) is 9.27. The largest absolute Gasteiger partial charge is 0.327 e. The Bertz CT molecular complexity index is 827. The van der Waals surface area contributed by atoms with Crippen LogP contribution in [0, 0.1) is 6.92 Å². The maximum Gasteiger partial charge on any atom is 0.151 e. The molecule has 0 radical (unpaired) electrons. The lowest BCUT2D eigenvalue weighted by molar-refractivity contribution is 0.222. The molecule has 3 aromatic rings. The summed E-state index contributed by atoms with van der Waals surface area (Å²) < 4.78 is 2.35. The number of nitrogens with zero attached hydrogens (tertiary/aromatic N) is 4. The molecule has 5 heteroatoms. The Labute approximate surface area is 146 Å². The van der Waals surface area contributed by atoms with Gasteiger partial charge >= 0.3 is 0 Å². The fourth-order valence-electron chi connectivity index (χ4n) is 3.39. The van der Waals surface area contributed by atoms with Gasteiger partial charge in [0, 0.05) is 30.2 Å². The minimum atomic E-state index is 0.544. The smallest absolute Gasteiger partial charge is 0.151 e. The van der Waals surface area contributed by atoms with Gasteiger partial charge in [0.2, 0.25) is 0 Å². The van der Waals surface area contributed by atoms with Crippen LogP contribution in [0.4, 0.5) is 0 Å². The molecular formula is C19H22N4S. The number of imidazole rings is 1. The number of likely N-dealkylation sites (tertiary alicyclic amines) is 1. The third-order valence-electron chi connectivity index (χ3n) is 4.85. The van der Waals surface area contributed by atoms with Gasteiger partial charge in [0.05, 0.1) is 4.88 Å². The highest BCUT2D eigenvalue weighted by atomic mass is 32.1. The van der Waals surface area contributed by atoms with Gasteiger partial charge in [-0.05, 0) is 45.5 Å². The van der Waals surface area contributed by atoms with E-state index in [0.717, 1.165) is 28.8 Å². The first-order chi connectivity index (χ1) is 11.7. The number of thiazole rings is 1. The molecule has 0 aliphatic carbocycles. The summed E-state index contributed by atoms with van der Waals surface area (Å²) in [5, 5.41) is 1.07. The predicted molar refractivity (Wildman–Crippen MR) is 99.3 cm³/mol. The highest BCUT2D eigenvalue weighted by Crippen LogP contribution is 2.35. The summed E-state index contributed by atoms with van der Waals surface area (Å²) in [6.07, 6.45) is 8.38. The molecule has 4 rings (SSSR count). The van der Waals surface area contributed by atoms with Crippen LogP contribution in [0.1, 0.15) is 24.4 Å². The van der Waals surface area contributed by atoms with E-state index in [4.69, 9.17) is 0 Å². The predicted octanol–water partition coefficient (Wildman–Crippen LogP) is 4.25. The molecule has 0 saturated carbocycles. The molecule has 3 heterocycles. The molecule has 1 aliphatic rings. The van der Waals surface area contributed by atoms with Crippen molar-refractivity contribution in [2.24, 2.45) is 0 Å². The van der Waals surface area contributed by atoms with E-state index in [-0.39, 0.29) is 0 Å². The van der Waals surface area contributed by atoms with Gasteiger partial charge in [-0.25, -0.2) is 9.97 Å². The Kier molecular flexibility index (Phi) is 4.21. The third-order valence-corrected chi connectivity index (χ3v) is 5.88. The molecule has 1 saturated heterocycles. The van der Waals surface area contributed by atoms with Gasteiger partial charge in [0.15, 0.2) is 5.82 Å². The Morgan fingerprint density at radius 2 is 1.92 bits per heavy atom. The molecule has 24 heavy (non-hydrogen) atoms. The van der Waals surface area contributed by atoms with Gasteiger partial charge in [-0.15, -0.1) is 11.3 Å². The minimum Gasteiger partial charge on any atom is -0.327 e. The summed E-state index contributed by atoms with van der Waals surface area (Å²) in [4.78, 5) is 12.8. The average Bonchev–Trinajstić information content (AvgIpc) is 3.25. The van der Waals surface area contributed by atoms with Crippen molar-refractivity contribution in [2.45, 2.75) is 25.8 Å². The molecule has 0 N–H and O–H groups in total.